The van der Waals surface area contributed by atoms with E-state index in [1.807, 2.05) is 24.3 Å². The summed E-state index contributed by atoms with van der Waals surface area (Å²) in [5.41, 5.74) is 0.761. The number of aliphatic hydroxyl groups is 1. The number of nitrogens with zero attached hydrogens (tertiary/aromatic N) is 2. The number of para-hydroxylation sites is 1. The van der Waals surface area contributed by atoms with Gasteiger partial charge < -0.3 is 15.2 Å². The van der Waals surface area contributed by atoms with E-state index >= 15 is 0 Å². The molecule has 2 rings (SSSR count). The molecule has 0 aliphatic rings. The molecular weight excluding hydrogens is 234 g/mol. The minimum Gasteiger partial charge on any atom is -0.467 e. The summed E-state index contributed by atoms with van der Waals surface area (Å²) in [5, 5.41) is 12.8. The zero-order chi connectivity index (χ0) is 13.0. The fourth-order valence-corrected chi connectivity index (χ4v) is 1.61. The van der Waals surface area contributed by atoms with E-state index in [1.165, 1.54) is 13.4 Å². The molecule has 2 N–H and O–H groups in total. The molecule has 6 heteroatoms. The van der Waals surface area contributed by atoms with Gasteiger partial charge in [-0.1, -0.05) is 12.1 Å². The van der Waals surface area contributed by atoms with Crippen molar-refractivity contribution in [2.24, 2.45) is 0 Å². The Morgan fingerprint density at radius 3 is 2.94 bits per heavy atom. The molecule has 0 amide bonds. The first kappa shape index (κ1) is 12.3. The number of hydrogen-bond donors (Lipinski definition) is 2. The van der Waals surface area contributed by atoms with Crippen LogP contribution in [0.5, 0.6) is 0 Å². The van der Waals surface area contributed by atoms with Crippen molar-refractivity contribution in [1.29, 1.82) is 0 Å². The van der Waals surface area contributed by atoms with E-state index in [2.05, 4.69) is 20.0 Å². The average molecular weight is 247 g/mol. The van der Waals surface area contributed by atoms with Crippen LogP contribution >= 0.6 is 0 Å². The quantitative estimate of drug-likeness (QED) is 0.769. The summed E-state index contributed by atoms with van der Waals surface area (Å²) in [6, 6.07) is 6.55. The number of hydrogen-bond acceptors (Lipinski definition) is 6. The fraction of sp³-hybridized carbons (Fsp3) is 0.250. The summed E-state index contributed by atoms with van der Waals surface area (Å²) in [7, 11) is 1.27. The first-order valence-corrected chi connectivity index (χ1v) is 5.41. The van der Waals surface area contributed by atoms with Gasteiger partial charge in [-0.15, -0.1) is 0 Å². The van der Waals surface area contributed by atoms with Gasteiger partial charge in [-0.2, -0.15) is 0 Å². The van der Waals surface area contributed by atoms with Crippen molar-refractivity contribution in [1.82, 2.24) is 9.97 Å². The smallest absolute Gasteiger partial charge is 0.330 e. The van der Waals surface area contributed by atoms with E-state index in [4.69, 9.17) is 5.11 Å². The van der Waals surface area contributed by atoms with E-state index in [1.54, 1.807) is 0 Å². The van der Waals surface area contributed by atoms with Crippen molar-refractivity contribution in [2.45, 2.75) is 6.04 Å². The molecule has 2 aromatic rings. The second kappa shape index (κ2) is 5.42. The predicted octanol–water partition coefficient (Wildman–Crippen LogP) is 0.576. The summed E-state index contributed by atoms with van der Waals surface area (Å²) in [6.45, 7) is -0.370. The number of methoxy groups -OCH3 is 1. The number of carbonyl (C=O) groups is 1. The van der Waals surface area contributed by atoms with Gasteiger partial charge in [0.25, 0.3) is 0 Å². The Hall–Kier alpha value is -2.21. The van der Waals surface area contributed by atoms with Gasteiger partial charge in [0.1, 0.15) is 18.2 Å². The highest BCUT2D eigenvalue weighted by Gasteiger charge is 2.19. The molecule has 1 unspecified atom stereocenters. The Labute approximate surface area is 104 Å². The molecule has 1 heterocycles. The third kappa shape index (κ3) is 2.38. The Balaban J connectivity index is 2.33. The van der Waals surface area contributed by atoms with Gasteiger partial charge in [0.15, 0.2) is 0 Å². The molecule has 0 bridgehead atoms. The number of rotatable bonds is 4. The summed E-state index contributed by atoms with van der Waals surface area (Å²) in [4.78, 5) is 19.6. The minimum atomic E-state index is -0.840. The fourth-order valence-electron chi connectivity index (χ4n) is 1.61. The molecule has 1 atom stereocenters. The van der Waals surface area contributed by atoms with Crippen LogP contribution in [-0.2, 0) is 9.53 Å². The van der Waals surface area contributed by atoms with Gasteiger partial charge in [-0.05, 0) is 12.1 Å². The second-order valence-corrected chi connectivity index (χ2v) is 3.64. The lowest BCUT2D eigenvalue weighted by Crippen LogP contribution is -2.34. The first-order valence-electron chi connectivity index (χ1n) is 5.41. The second-order valence-electron chi connectivity index (χ2n) is 3.64. The van der Waals surface area contributed by atoms with Gasteiger partial charge in [-0.3, -0.25) is 0 Å². The normalized spacial score (nSPS) is 12.1. The number of nitrogens with one attached hydrogen (secondary N) is 1. The van der Waals surface area contributed by atoms with Gasteiger partial charge in [0.2, 0.25) is 0 Å². The van der Waals surface area contributed by atoms with Crippen LogP contribution in [0.15, 0.2) is 30.6 Å². The van der Waals surface area contributed by atoms with Crippen molar-refractivity contribution in [3.8, 4) is 0 Å². The molecule has 0 saturated heterocycles. The van der Waals surface area contributed by atoms with Crippen molar-refractivity contribution >= 4 is 22.7 Å². The molecule has 0 fully saturated rings. The number of ether oxygens (including phenoxy) is 1. The number of carbonyl (C=O) groups excluding carboxylic acids is 1. The van der Waals surface area contributed by atoms with Crippen LogP contribution in [0.3, 0.4) is 0 Å². The van der Waals surface area contributed by atoms with E-state index in [0.29, 0.717) is 5.82 Å². The van der Waals surface area contributed by atoms with E-state index in [0.717, 1.165) is 10.9 Å². The predicted molar refractivity (Wildman–Crippen MR) is 66.1 cm³/mol. The third-order valence-electron chi connectivity index (χ3n) is 2.52. The van der Waals surface area contributed by atoms with Crippen molar-refractivity contribution in [3.63, 3.8) is 0 Å². The number of fused-ring (bicyclic) bond motifs is 1. The largest absolute Gasteiger partial charge is 0.467 e. The maximum atomic E-state index is 11.4. The van der Waals surface area contributed by atoms with Crippen LogP contribution < -0.4 is 5.32 Å². The average Bonchev–Trinajstić information content (AvgIpc) is 2.44. The summed E-state index contributed by atoms with van der Waals surface area (Å²) < 4.78 is 4.58. The zero-order valence-electron chi connectivity index (χ0n) is 9.83. The standard InChI is InChI=1S/C12H13N3O3/c1-18-12(17)10(6-16)15-11-8-4-2-3-5-9(8)13-7-14-11/h2-5,7,10,16H,6H2,1H3,(H,13,14,15). The molecule has 1 aromatic heterocycles. The highest BCUT2D eigenvalue weighted by molar-refractivity contribution is 5.90. The van der Waals surface area contributed by atoms with Crippen LogP contribution in [0.1, 0.15) is 0 Å². The van der Waals surface area contributed by atoms with Crippen LogP contribution in [-0.4, -0.2) is 40.8 Å². The van der Waals surface area contributed by atoms with Crippen molar-refractivity contribution in [2.75, 3.05) is 19.0 Å². The Morgan fingerprint density at radius 2 is 2.22 bits per heavy atom. The van der Waals surface area contributed by atoms with Gasteiger partial charge >= 0.3 is 5.97 Å². The lowest BCUT2D eigenvalue weighted by Gasteiger charge is -2.15. The van der Waals surface area contributed by atoms with Gasteiger partial charge in [0.05, 0.1) is 19.2 Å². The van der Waals surface area contributed by atoms with Crippen LogP contribution in [0.4, 0.5) is 5.82 Å². The van der Waals surface area contributed by atoms with Gasteiger partial charge in [0, 0.05) is 5.39 Å². The molecule has 6 nitrogen and oxygen atoms in total. The molecular formula is C12H13N3O3. The Bertz CT molecular complexity index is 554. The maximum Gasteiger partial charge on any atom is 0.330 e. The molecule has 0 aliphatic heterocycles. The maximum absolute atomic E-state index is 11.4. The van der Waals surface area contributed by atoms with E-state index in [9.17, 15) is 4.79 Å². The van der Waals surface area contributed by atoms with Gasteiger partial charge in [-0.25, -0.2) is 14.8 Å². The zero-order valence-corrected chi connectivity index (χ0v) is 9.83. The lowest BCUT2D eigenvalue weighted by atomic mass is 10.2. The number of anilines is 1. The number of aromatic nitrogens is 2. The van der Waals surface area contributed by atoms with Crippen LogP contribution in [0, 0.1) is 0 Å². The molecule has 1 aromatic carbocycles. The van der Waals surface area contributed by atoms with E-state index in [-0.39, 0.29) is 6.61 Å². The Kier molecular flexibility index (Phi) is 3.69. The first-order chi connectivity index (χ1) is 8.76. The number of benzene rings is 1. The minimum absolute atomic E-state index is 0.370. The molecule has 0 aliphatic carbocycles. The molecule has 94 valence electrons. The SMILES string of the molecule is COC(=O)C(CO)Nc1ncnc2ccccc12. The highest BCUT2D eigenvalue weighted by atomic mass is 16.5. The monoisotopic (exact) mass is 247 g/mol. The third-order valence-corrected chi connectivity index (χ3v) is 2.52. The van der Waals surface area contributed by atoms with Crippen molar-refractivity contribution in [3.05, 3.63) is 30.6 Å². The summed E-state index contributed by atoms with van der Waals surface area (Å²) >= 11 is 0. The van der Waals surface area contributed by atoms with Crippen LogP contribution in [0.2, 0.25) is 0 Å². The van der Waals surface area contributed by atoms with Crippen molar-refractivity contribution < 1.29 is 14.6 Å². The lowest BCUT2D eigenvalue weighted by molar-refractivity contribution is -0.142. The number of aliphatic hydroxyl groups excluding tert-OH is 1. The molecule has 0 radical (unpaired) electrons. The van der Waals surface area contributed by atoms with E-state index < -0.39 is 12.0 Å². The molecule has 18 heavy (non-hydrogen) atoms. The Morgan fingerprint density at radius 1 is 1.44 bits per heavy atom. The highest BCUT2D eigenvalue weighted by Crippen LogP contribution is 2.19. The summed E-state index contributed by atoms with van der Waals surface area (Å²) in [6.07, 6.45) is 1.40. The number of esters is 1. The molecule has 0 saturated carbocycles. The topological polar surface area (TPSA) is 84.3 Å². The molecule has 0 spiro atoms. The summed E-state index contributed by atoms with van der Waals surface area (Å²) in [5.74, 6) is -0.0507. The van der Waals surface area contributed by atoms with Crippen LogP contribution in [0.25, 0.3) is 10.9 Å².